The van der Waals surface area contributed by atoms with Crippen LogP contribution >= 0.6 is 0 Å². The fraction of sp³-hybridized carbons (Fsp3) is 1.00. The van der Waals surface area contributed by atoms with E-state index in [0.29, 0.717) is 6.61 Å². The highest BCUT2D eigenvalue weighted by atomic mass is 16.5. The van der Waals surface area contributed by atoms with Gasteiger partial charge in [-0.15, -0.1) is 0 Å². The molecule has 0 aliphatic heterocycles. The fourth-order valence-electron chi connectivity index (χ4n) is 1.36. The zero-order valence-electron chi connectivity index (χ0n) is 10.1. The third kappa shape index (κ3) is 9.96. The predicted octanol–water partition coefficient (Wildman–Crippen LogP) is 1.26. The maximum Gasteiger partial charge on any atom is 0.126 e. The number of aliphatic hydroxyl groups excluding tert-OH is 1. The van der Waals surface area contributed by atoms with Crippen molar-refractivity contribution in [3.63, 3.8) is 0 Å². The Hall–Kier alpha value is -0.120. The summed E-state index contributed by atoms with van der Waals surface area (Å²) in [7, 11) is 6.21. The molecule has 0 aromatic rings. The molecule has 3 nitrogen and oxygen atoms in total. The average Bonchev–Trinajstić information content (AvgIpc) is 2.00. The lowest BCUT2D eigenvalue weighted by molar-refractivity contribution is -0.873. The maximum absolute atomic E-state index is 9.60. The molecule has 0 fully saturated rings. The first-order chi connectivity index (χ1) is 6.45. The molecule has 0 aromatic carbocycles. The van der Waals surface area contributed by atoms with Gasteiger partial charge in [-0.3, -0.25) is 0 Å². The fourth-order valence-corrected chi connectivity index (χ4v) is 1.36. The van der Waals surface area contributed by atoms with Crippen molar-refractivity contribution in [3.8, 4) is 0 Å². The van der Waals surface area contributed by atoms with Crippen molar-refractivity contribution >= 4 is 0 Å². The summed E-state index contributed by atoms with van der Waals surface area (Å²) < 4.78 is 6.16. The van der Waals surface area contributed by atoms with Gasteiger partial charge in [-0.25, -0.2) is 0 Å². The summed E-state index contributed by atoms with van der Waals surface area (Å²) in [5, 5.41) is 9.60. The Kier molecular flexibility index (Phi) is 7.15. The molecule has 0 aliphatic rings. The van der Waals surface area contributed by atoms with Crippen LogP contribution in [0, 0.1) is 0 Å². The van der Waals surface area contributed by atoms with Crippen LogP contribution in [0.15, 0.2) is 0 Å². The van der Waals surface area contributed by atoms with Gasteiger partial charge in [-0.1, -0.05) is 19.8 Å². The minimum Gasteiger partial charge on any atom is -0.385 e. The lowest BCUT2D eigenvalue weighted by Gasteiger charge is -2.26. The highest BCUT2D eigenvalue weighted by Crippen LogP contribution is 1.98. The molecular formula is C11H26NO2+. The topological polar surface area (TPSA) is 29.5 Å². The van der Waals surface area contributed by atoms with Crippen molar-refractivity contribution in [1.29, 1.82) is 0 Å². The van der Waals surface area contributed by atoms with Crippen LogP contribution in [0.2, 0.25) is 0 Å². The van der Waals surface area contributed by atoms with Crippen LogP contribution in [0.1, 0.15) is 26.2 Å². The monoisotopic (exact) mass is 204 g/mol. The molecule has 0 aromatic heterocycles. The third-order valence-electron chi connectivity index (χ3n) is 1.96. The molecule has 0 saturated carbocycles. The van der Waals surface area contributed by atoms with E-state index in [1.807, 2.05) is 0 Å². The van der Waals surface area contributed by atoms with E-state index in [2.05, 4.69) is 28.1 Å². The van der Waals surface area contributed by atoms with Gasteiger partial charge in [-0.05, 0) is 6.42 Å². The SMILES string of the molecule is CCCCCOCC(O)C[N+](C)(C)C. The van der Waals surface area contributed by atoms with E-state index in [4.69, 9.17) is 4.74 Å². The lowest BCUT2D eigenvalue weighted by atomic mass is 10.3. The van der Waals surface area contributed by atoms with Crippen molar-refractivity contribution in [2.45, 2.75) is 32.3 Å². The van der Waals surface area contributed by atoms with E-state index in [1.54, 1.807) is 0 Å². The number of unbranched alkanes of at least 4 members (excludes halogenated alkanes) is 2. The average molecular weight is 204 g/mol. The molecule has 1 atom stereocenters. The number of hydrogen-bond donors (Lipinski definition) is 1. The first kappa shape index (κ1) is 13.9. The van der Waals surface area contributed by atoms with Gasteiger partial charge >= 0.3 is 0 Å². The molecule has 0 heterocycles. The molecule has 1 unspecified atom stereocenters. The van der Waals surface area contributed by atoms with E-state index < -0.39 is 0 Å². The second kappa shape index (κ2) is 7.21. The van der Waals surface area contributed by atoms with E-state index >= 15 is 0 Å². The van der Waals surface area contributed by atoms with Crippen LogP contribution in [-0.4, -0.2) is 56.6 Å². The van der Waals surface area contributed by atoms with Gasteiger partial charge in [0, 0.05) is 6.61 Å². The number of likely N-dealkylation sites (N-methyl/N-ethyl adjacent to an activating group) is 1. The summed E-state index contributed by atoms with van der Waals surface area (Å²) >= 11 is 0. The molecule has 3 heteroatoms. The second-order valence-corrected chi connectivity index (χ2v) is 4.91. The summed E-state index contributed by atoms with van der Waals surface area (Å²) in [5.41, 5.74) is 0. The van der Waals surface area contributed by atoms with Crippen LogP contribution < -0.4 is 0 Å². The molecule has 0 saturated heterocycles. The number of hydrogen-bond acceptors (Lipinski definition) is 2. The zero-order chi connectivity index (χ0) is 11.0. The van der Waals surface area contributed by atoms with Crippen LogP contribution in [-0.2, 0) is 4.74 Å². The van der Waals surface area contributed by atoms with Gasteiger partial charge < -0.3 is 14.3 Å². The minimum absolute atomic E-state index is 0.336. The Balaban J connectivity index is 3.31. The molecule has 86 valence electrons. The second-order valence-electron chi connectivity index (χ2n) is 4.91. The Morgan fingerprint density at radius 3 is 2.36 bits per heavy atom. The molecule has 0 bridgehead atoms. The molecule has 0 aliphatic carbocycles. The number of nitrogens with zero attached hydrogens (tertiary/aromatic N) is 1. The standard InChI is InChI=1S/C11H26NO2/c1-5-6-7-8-14-10-11(13)9-12(2,3)4/h11,13H,5-10H2,1-4H3/q+1. The first-order valence-electron chi connectivity index (χ1n) is 5.52. The van der Waals surface area contributed by atoms with E-state index in [-0.39, 0.29) is 6.10 Å². The third-order valence-corrected chi connectivity index (χ3v) is 1.96. The first-order valence-corrected chi connectivity index (χ1v) is 5.52. The van der Waals surface area contributed by atoms with Gasteiger partial charge in [-0.2, -0.15) is 0 Å². The number of aliphatic hydroxyl groups is 1. The molecule has 0 rings (SSSR count). The summed E-state index contributed by atoms with van der Waals surface area (Å²) in [6.07, 6.45) is 3.20. The predicted molar refractivity (Wildman–Crippen MR) is 59.3 cm³/mol. The van der Waals surface area contributed by atoms with E-state index in [0.717, 1.165) is 24.1 Å². The van der Waals surface area contributed by atoms with Gasteiger partial charge in [0.05, 0.1) is 27.7 Å². The van der Waals surface area contributed by atoms with Crippen molar-refractivity contribution in [3.05, 3.63) is 0 Å². The zero-order valence-corrected chi connectivity index (χ0v) is 10.1. The molecule has 14 heavy (non-hydrogen) atoms. The highest BCUT2D eigenvalue weighted by Gasteiger charge is 2.14. The van der Waals surface area contributed by atoms with Crippen molar-refractivity contribution in [2.75, 3.05) is 40.9 Å². The smallest absolute Gasteiger partial charge is 0.126 e. The van der Waals surface area contributed by atoms with Crippen LogP contribution in [0.5, 0.6) is 0 Å². The van der Waals surface area contributed by atoms with Crippen LogP contribution in [0.25, 0.3) is 0 Å². The quantitative estimate of drug-likeness (QED) is 0.476. The summed E-state index contributed by atoms with van der Waals surface area (Å²) in [4.78, 5) is 0. The van der Waals surface area contributed by atoms with Gasteiger partial charge in [0.15, 0.2) is 0 Å². The van der Waals surface area contributed by atoms with E-state index in [1.165, 1.54) is 12.8 Å². The molecule has 0 radical (unpaired) electrons. The number of ether oxygens (including phenoxy) is 1. The van der Waals surface area contributed by atoms with Gasteiger partial charge in [0.2, 0.25) is 0 Å². The van der Waals surface area contributed by atoms with Crippen molar-refractivity contribution in [2.24, 2.45) is 0 Å². The maximum atomic E-state index is 9.60. The van der Waals surface area contributed by atoms with Gasteiger partial charge in [0.1, 0.15) is 12.6 Å². The molecule has 0 amide bonds. The Bertz CT molecular complexity index is 132. The van der Waals surface area contributed by atoms with Crippen molar-refractivity contribution in [1.82, 2.24) is 0 Å². The van der Waals surface area contributed by atoms with Gasteiger partial charge in [0.25, 0.3) is 0 Å². The van der Waals surface area contributed by atoms with Crippen LogP contribution in [0.4, 0.5) is 0 Å². The van der Waals surface area contributed by atoms with Crippen LogP contribution in [0.3, 0.4) is 0 Å². The number of quaternary nitrogens is 1. The Morgan fingerprint density at radius 1 is 1.21 bits per heavy atom. The lowest BCUT2D eigenvalue weighted by Crippen LogP contribution is -2.43. The van der Waals surface area contributed by atoms with E-state index in [9.17, 15) is 5.11 Å². The normalized spacial score (nSPS) is 14.4. The summed E-state index contributed by atoms with van der Waals surface area (Å²) in [6, 6.07) is 0. The highest BCUT2D eigenvalue weighted by molar-refractivity contribution is 4.51. The Morgan fingerprint density at radius 2 is 1.86 bits per heavy atom. The molecule has 1 N–H and O–H groups in total. The molecular weight excluding hydrogens is 178 g/mol. The summed E-state index contributed by atoms with van der Waals surface area (Å²) in [5.74, 6) is 0. The Labute approximate surface area is 88.3 Å². The summed E-state index contributed by atoms with van der Waals surface area (Å²) in [6.45, 7) is 4.17. The van der Waals surface area contributed by atoms with Crippen molar-refractivity contribution < 1.29 is 14.3 Å². The minimum atomic E-state index is -0.336. The molecule has 0 spiro atoms. The largest absolute Gasteiger partial charge is 0.385 e. The number of rotatable bonds is 8.